The van der Waals surface area contributed by atoms with Crippen LogP contribution in [-0.2, 0) is 9.53 Å². The van der Waals surface area contributed by atoms with Crippen LogP contribution in [0.2, 0.25) is 0 Å². The maximum Gasteiger partial charge on any atom is 0.274 e. The van der Waals surface area contributed by atoms with Gasteiger partial charge in [0.15, 0.2) is 5.69 Å². The van der Waals surface area contributed by atoms with Crippen LogP contribution in [0.25, 0.3) is 10.2 Å². The number of ether oxygens (including phenoxy) is 1. The molecule has 1 atom stereocenters. The Morgan fingerprint density at radius 2 is 2.03 bits per heavy atom. The van der Waals surface area contributed by atoms with E-state index in [9.17, 15) is 14.0 Å². The molecule has 178 valence electrons. The first kappa shape index (κ1) is 22.6. The van der Waals surface area contributed by atoms with Gasteiger partial charge in [-0.15, -0.1) is 11.3 Å². The minimum atomic E-state index is -0.424. The van der Waals surface area contributed by atoms with Crippen molar-refractivity contribution in [1.29, 1.82) is 0 Å². The summed E-state index contributed by atoms with van der Waals surface area (Å²) in [6, 6.07) is 2.87. The number of halogens is 1. The van der Waals surface area contributed by atoms with Crippen LogP contribution < -0.4 is 10.6 Å². The number of thiophene rings is 1. The van der Waals surface area contributed by atoms with E-state index in [1.165, 1.54) is 17.4 Å². The third-order valence-corrected chi connectivity index (χ3v) is 7.10. The molecular weight excluding hydrogens is 459 g/mol. The Bertz CT molecular complexity index is 1210. The summed E-state index contributed by atoms with van der Waals surface area (Å²) in [6.45, 7) is 3.96. The molecule has 2 amide bonds. The van der Waals surface area contributed by atoms with Gasteiger partial charge in [0.25, 0.3) is 5.91 Å². The molecule has 2 fully saturated rings. The highest BCUT2D eigenvalue weighted by Gasteiger charge is 2.35. The van der Waals surface area contributed by atoms with Crippen molar-refractivity contribution in [3.8, 4) is 0 Å². The summed E-state index contributed by atoms with van der Waals surface area (Å²) in [5.41, 5.74) is 1.63. The average Bonchev–Trinajstić information content (AvgIpc) is 3.29. The molecule has 0 bridgehead atoms. The van der Waals surface area contributed by atoms with Crippen LogP contribution in [0.1, 0.15) is 41.9 Å². The Labute approximate surface area is 199 Å². The Hall–Kier alpha value is -3.18. The van der Waals surface area contributed by atoms with E-state index in [1.807, 2.05) is 18.4 Å². The lowest BCUT2D eigenvalue weighted by Crippen LogP contribution is -2.61. The number of hydrogen-bond acceptors (Lipinski definition) is 8. The minimum Gasteiger partial charge on any atom is -0.381 e. The van der Waals surface area contributed by atoms with Crippen LogP contribution in [-0.4, -0.2) is 64.0 Å². The van der Waals surface area contributed by atoms with Gasteiger partial charge in [-0.05, 0) is 42.8 Å². The number of anilines is 1. The van der Waals surface area contributed by atoms with Crippen molar-refractivity contribution in [3.05, 3.63) is 47.0 Å². The monoisotopic (exact) mass is 484 g/mol. The zero-order valence-electron chi connectivity index (χ0n) is 18.7. The molecule has 3 aromatic heterocycles. The quantitative estimate of drug-likeness (QED) is 0.554. The standard InChI is InChI=1S/C23H25FN6O3S/c1-13(15-8-16(24)10-25-9-15)26-23-28-18-4-7-34-20(18)19(29-23)22(32)30-11-17(12-30)27-21(31)14-2-5-33-6-3-14/h4,7-10,13-14,17H,2-3,5-6,11-12H2,1H3,(H,27,31)(H,26,28,29). The summed E-state index contributed by atoms with van der Waals surface area (Å²) in [4.78, 5) is 40.3. The van der Waals surface area contributed by atoms with Crippen LogP contribution in [0, 0.1) is 11.7 Å². The Morgan fingerprint density at radius 1 is 1.24 bits per heavy atom. The van der Waals surface area contributed by atoms with E-state index in [0.717, 1.165) is 19.0 Å². The van der Waals surface area contributed by atoms with Gasteiger partial charge in [0, 0.05) is 38.4 Å². The smallest absolute Gasteiger partial charge is 0.274 e. The number of carbonyl (C=O) groups is 2. The van der Waals surface area contributed by atoms with Crippen LogP contribution in [0.5, 0.6) is 0 Å². The number of hydrogen-bond donors (Lipinski definition) is 2. The number of fused-ring (bicyclic) bond motifs is 1. The molecule has 5 rings (SSSR count). The fraction of sp³-hybridized carbons (Fsp3) is 0.435. The summed E-state index contributed by atoms with van der Waals surface area (Å²) in [6.07, 6.45) is 4.19. The Kier molecular flexibility index (Phi) is 6.38. The van der Waals surface area contributed by atoms with Gasteiger partial charge in [-0.25, -0.2) is 14.4 Å². The number of likely N-dealkylation sites (tertiary alicyclic amines) is 1. The van der Waals surface area contributed by atoms with Gasteiger partial charge in [0.05, 0.1) is 28.5 Å². The van der Waals surface area contributed by atoms with Gasteiger partial charge < -0.3 is 20.3 Å². The Morgan fingerprint density at radius 3 is 2.79 bits per heavy atom. The van der Waals surface area contributed by atoms with Crippen molar-refractivity contribution in [3.63, 3.8) is 0 Å². The zero-order valence-corrected chi connectivity index (χ0v) is 19.5. The lowest BCUT2D eigenvalue weighted by molar-refractivity contribution is -0.129. The van der Waals surface area contributed by atoms with Crippen molar-refractivity contribution < 1.29 is 18.7 Å². The first-order valence-corrected chi connectivity index (χ1v) is 12.2. The van der Waals surface area contributed by atoms with Crippen LogP contribution in [0.15, 0.2) is 29.9 Å². The highest BCUT2D eigenvalue weighted by atomic mass is 32.1. The molecule has 0 radical (unpaired) electrons. The molecule has 0 spiro atoms. The minimum absolute atomic E-state index is 0.0185. The molecule has 9 nitrogen and oxygen atoms in total. The van der Waals surface area contributed by atoms with E-state index in [4.69, 9.17) is 4.74 Å². The molecule has 2 aliphatic heterocycles. The maximum atomic E-state index is 13.6. The van der Waals surface area contributed by atoms with Crippen molar-refractivity contribution in [1.82, 2.24) is 25.2 Å². The fourth-order valence-electron chi connectivity index (χ4n) is 4.18. The molecular formula is C23H25FN6O3S. The molecule has 11 heteroatoms. The average molecular weight is 485 g/mol. The summed E-state index contributed by atoms with van der Waals surface area (Å²) < 4.78 is 19.6. The summed E-state index contributed by atoms with van der Waals surface area (Å²) >= 11 is 1.41. The third-order valence-electron chi connectivity index (χ3n) is 6.19. The van der Waals surface area contributed by atoms with Gasteiger partial charge in [0.2, 0.25) is 11.9 Å². The molecule has 5 heterocycles. The van der Waals surface area contributed by atoms with Gasteiger partial charge in [0.1, 0.15) is 5.82 Å². The highest BCUT2D eigenvalue weighted by molar-refractivity contribution is 7.17. The molecule has 2 aliphatic rings. The second kappa shape index (κ2) is 9.59. The molecule has 0 aliphatic carbocycles. The van der Waals surface area contributed by atoms with Crippen molar-refractivity contribution in [2.24, 2.45) is 5.92 Å². The predicted octanol–water partition coefficient (Wildman–Crippen LogP) is 2.77. The van der Waals surface area contributed by atoms with Crippen molar-refractivity contribution in [2.75, 3.05) is 31.6 Å². The number of aromatic nitrogens is 3. The van der Waals surface area contributed by atoms with E-state index in [2.05, 4.69) is 25.6 Å². The second-order valence-electron chi connectivity index (χ2n) is 8.64. The molecule has 0 aromatic carbocycles. The topological polar surface area (TPSA) is 109 Å². The van der Waals surface area contributed by atoms with E-state index < -0.39 is 5.82 Å². The number of rotatable bonds is 6. The van der Waals surface area contributed by atoms with Gasteiger partial charge in [-0.2, -0.15) is 0 Å². The number of pyridine rings is 1. The van der Waals surface area contributed by atoms with Crippen LogP contribution in [0.3, 0.4) is 0 Å². The predicted molar refractivity (Wildman–Crippen MR) is 125 cm³/mol. The molecule has 34 heavy (non-hydrogen) atoms. The third kappa shape index (κ3) is 4.71. The summed E-state index contributed by atoms with van der Waals surface area (Å²) in [5.74, 6) is -0.316. The number of nitrogens with one attached hydrogen (secondary N) is 2. The van der Waals surface area contributed by atoms with Gasteiger partial charge in [-0.1, -0.05) is 0 Å². The highest BCUT2D eigenvalue weighted by Crippen LogP contribution is 2.27. The zero-order chi connectivity index (χ0) is 23.7. The maximum absolute atomic E-state index is 13.6. The van der Waals surface area contributed by atoms with E-state index in [-0.39, 0.29) is 35.8 Å². The molecule has 3 aromatic rings. The van der Waals surface area contributed by atoms with E-state index in [0.29, 0.717) is 47.8 Å². The van der Waals surface area contributed by atoms with E-state index in [1.54, 1.807) is 11.1 Å². The first-order chi connectivity index (χ1) is 16.5. The van der Waals surface area contributed by atoms with Gasteiger partial charge in [-0.3, -0.25) is 14.6 Å². The molecule has 1 unspecified atom stereocenters. The lowest BCUT2D eigenvalue weighted by atomic mass is 9.98. The Balaban J connectivity index is 1.26. The lowest BCUT2D eigenvalue weighted by Gasteiger charge is -2.40. The summed E-state index contributed by atoms with van der Waals surface area (Å²) in [5, 5.41) is 8.06. The number of carbonyl (C=O) groups excluding carboxylic acids is 2. The van der Waals surface area contributed by atoms with Crippen LogP contribution >= 0.6 is 11.3 Å². The molecule has 2 N–H and O–H groups in total. The molecule has 0 saturated carbocycles. The van der Waals surface area contributed by atoms with Gasteiger partial charge >= 0.3 is 0 Å². The van der Waals surface area contributed by atoms with E-state index >= 15 is 0 Å². The van der Waals surface area contributed by atoms with Crippen LogP contribution in [0.4, 0.5) is 10.3 Å². The number of nitrogens with zero attached hydrogens (tertiary/aromatic N) is 4. The second-order valence-corrected chi connectivity index (χ2v) is 9.55. The number of amides is 2. The summed E-state index contributed by atoms with van der Waals surface area (Å²) in [7, 11) is 0. The normalized spacial score (nSPS) is 17.9. The largest absolute Gasteiger partial charge is 0.381 e. The SMILES string of the molecule is CC(Nc1nc(C(=O)N2CC(NC(=O)C3CCOCC3)C2)c2sccc2n1)c1cncc(F)c1. The first-order valence-electron chi connectivity index (χ1n) is 11.3. The van der Waals surface area contributed by atoms with Crippen molar-refractivity contribution in [2.45, 2.75) is 31.8 Å². The molecule has 2 saturated heterocycles. The fourth-order valence-corrected chi connectivity index (χ4v) is 4.99. The van der Waals surface area contributed by atoms with Crippen molar-refractivity contribution >= 4 is 39.3 Å².